The third kappa shape index (κ3) is 3.11. The summed E-state index contributed by atoms with van der Waals surface area (Å²) in [6.45, 7) is 1.92. The number of carboxylic acids is 1. The zero-order valence-corrected chi connectivity index (χ0v) is 10.7. The molecule has 0 saturated heterocycles. The fraction of sp³-hybridized carbons (Fsp3) is 0.133. The van der Waals surface area contributed by atoms with Crippen LogP contribution in [0.3, 0.4) is 0 Å². The molecule has 100 valence electrons. The highest BCUT2D eigenvalue weighted by Crippen LogP contribution is 2.32. The number of aliphatic carboxylic acids is 1. The molecule has 0 aliphatic rings. The number of nitrogen functional groups attached to an aromatic ring is 1. The quantitative estimate of drug-likeness (QED) is 0.826. The normalized spacial score (nSPS) is 9.74. The maximum Gasteiger partial charge on any atom is 0.307 e. The largest absolute Gasteiger partial charge is 0.481 e. The van der Waals surface area contributed by atoms with Gasteiger partial charge in [0.15, 0.2) is 0 Å². The Kier molecular flexibility index (Phi) is 4.67. The van der Waals surface area contributed by atoms with Crippen molar-refractivity contribution in [2.24, 2.45) is 0 Å². The zero-order valence-electron chi connectivity index (χ0n) is 10.7. The fourth-order valence-corrected chi connectivity index (χ4v) is 2.02. The highest BCUT2D eigenvalue weighted by molar-refractivity contribution is 5.84. The Morgan fingerprint density at radius 3 is 2.37 bits per heavy atom. The molecule has 4 heteroatoms. The first-order valence-electron chi connectivity index (χ1n) is 5.74. The first-order chi connectivity index (χ1) is 8.59. The number of carboxylic acid groups (broad SMARTS) is 1. The van der Waals surface area contributed by atoms with E-state index in [2.05, 4.69) is 0 Å². The van der Waals surface area contributed by atoms with E-state index in [1.807, 2.05) is 49.4 Å². The van der Waals surface area contributed by atoms with E-state index in [0.29, 0.717) is 5.69 Å². The molecule has 5 N–H and O–H groups in total. The molecule has 0 fully saturated rings. The van der Waals surface area contributed by atoms with E-state index in [-0.39, 0.29) is 11.9 Å². The Morgan fingerprint density at radius 1 is 1.16 bits per heavy atom. The molecule has 0 atom stereocenters. The molecule has 0 aliphatic heterocycles. The monoisotopic (exact) mass is 259 g/mol. The van der Waals surface area contributed by atoms with Gasteiger partial charge in [0.2, 0.25) is 0 Å². The third-order valence-corrected chi connectivity index (χ3v) is 2.95. The van der Waals surface area contributed by atoms with E-state index in [0.717, 1.165) is 22.3 Å². The number of nitrogens with two attached hydrogens (primary N) is 1. The van der Waals surface area contributed by atoms with Gasteiger partial charge in [0.05, 0.1) is 6.42 Å². The molecule has 0 heterocycles. The standard InChI is InChI=1S/C15H15NO2.H2O/c1-10-7-8-12(9-13(17)18)14(15(10)16)11-5-3-2-4-6-11;/h2-8H,9,16H2,1H3,(H,17,18);1H2. The maximum atomic E-state index is 10.9. The fourth-order valence-electron chi connectivity index (χ4n) is 2.02. The van der Waals surface area contributed by atoms with Gasteiger partial charge in [-0.2, -0.15) is 0 Å². The van der Waals surface area contributed by atoms with Crippen LogP contribution in [-0.4, -0.2) is 16.6 Å². The van der Waals surface area contributed by atoms with E-state index in [4.69, 9.17) is 10.8 Å². The second-order valence-electron chi connectivity index (χ2n) is 4.27. The van der Waals surface area contributed by atoms with Gasteiger partial charge >= 0.3 is 5.97 Å². The van der Waals surface area contributed by atoms with Crippen molar-refractivity contribution in [2.75, 3.05) is 5.73 Å². The van der Waals surface area contributed by atoms with Crippen molar-refractivity contribution in [1.82, 2.24) is 0 Å². The summed E-state index contributed by atoms with van der Waals surface area (Å²) >= 11 is 0. The average molecular weight is 259 g/mol. The van der Waals surface area contributed by atoms with Crippen LogP contribution in [0.4, 0.5) is 5.69 Å². The lowest BCUT2D eigenvalue weighted by Crippen LogP contribution is -2.05. The summed E-state index contributed by atoms with van der Waals surface area (Å²) in [4.78, 5) is 10.9. The Balaban J connectivity index is 0.00000180. The predicted molar refractivity (Wildman–Crippen MR) is 76.0 cm³/mol. The van der Waals surface area contributed by atoms with Crippen molar-refractivity contribution >= 4 is 11.7 Å². The molecule has 0 aliphatic carbocycles. The minimum atomic E-state index is -0.851. The number of rotatable bonds is 3. The number of hydrogen-bond donors (Lipinski definition) is 2. The lowest BCUT2D eigenvalue weighted by atomic mass is 9.93. The van der Waals surface area contributed by atoms with Gasteiger partial charge in [0.1, 0.15) is 0 Å². The van der Waals surface area contributed by atoms with Crippen molar-refractivity contribution in [3.8, 4) is 11.1 Å². The van der Waals surface area contributed by atoms with Crippen molar-refractivity contribution in [2.45, 2.75) is 13.3 Å². The van der Waals surface area contributed by atoms with Gasteiger partial charge in [0.25, 0.3) is 0 Å². The van der Waals surface area contributed by atoms with E-state index >= 15 is 0 Å². The molecule has 0 spiro atoms. The van der Waals surface area contributed by atoms with Crippen molar-refractivity contribution < 1.29 is 15.4 Å². The van der Waals surface area contributed by atoms with Crippen LogP contribution < -0.4 is 5.73 Å². The highest BCUT2D eigenvalue weighted by atomic mass is 16.4. The molecule has 2 aromatic rings. The molecular formula is C15H17NO3. The molecule has 0 radical (unpaired) electrons. The number of carbonyl (C=O) groups is 1. The molecule has 19 heavy (non-hydrogen) atoms. The Labute approximate surface area is 111 Å². The predicted octanol–water partition coefficient (Wildman–Crippen LogP) is 2.05. The molecular weight excluding hydrogens is 242 g/mol. The molecule has 2 rings (SSSR count). The molecule has 2 aromatic carbocycles. The van der Waals surface area contributed by atoms with Gasteiger partial charge in [-0.1, -0.05) is 42.5 Å². The van der Waals surface area contributed by atoms with Gasteiger partial charge in [-0.25, -0.2) is 0 Å². The summed E-state index contributed by atoms with van der Waals surface area (Å²) in [6.07, 6.45) is -0.0191. The van der Waals surface area contributed by atoms with Gasteiger partial charge in [-0.15, -0.1) is 0 Å². The molecule has 0 unspecified atom stereocenters. The summed E-state index contributed by atoms with van der Waals surface area (Å²) < 4.78 is 0. The molecule has 0 saturated carbocycles. The first kappa shape index (κ1) is 14.7. The van der Waals surface area contributed by atoms with Gasteiger partial charge in [-0.3, -0.25) is 4.79 Å². The van der Waals surface area contributed by atoms with Crippen LogP contribution in [0.1, 0.15) is 11.1 Å². The van der Waals surface area contributed by atoms with Gasteiger partial charge in [-0.05, 0) is 23.6 Å². The van der Waals surface area contributed by atoms with E-state index in [9.17, 15) is 4.79 Å². The maximum absolute atomic E-state index is 10.9. The van der Waals surface area contributed by atoms with Crippen LogP contribution >= 0.6 is 0 Å². The Hall–Kier alpha value is -2.33. The van der Waals surface area contributed by atoms with Crippen LogP contribution in [0.15, 0.2) is 42.5 Å². The van der Waals surface area contributed by atoms with Crippen molar-refractivity contribution in [1.29, 1.82) is 0 Å². The van der Waals surface area contributed by atoms with E-state index in [1.165, 1.54) is 0 Å². The Bertz CT molecular complexity index is 579. The van der Waals surface area contributed by atoms with Crippen molar-refractivity contribution in [3.05, 3.63) is 53.6 Å². The van der Waals surface area contributed by atoms with Crippen LogP contribution in [0.2, 0.25) is 0 Å². The summed E-state index contributed by atoms with van der Waals surface area (Å²) in [6, 6.07) is 13.3. The van der Waals surface area contributed by atoms with Crippen LogP contribution in [0, 0.1) is 6.92 Å². The average Bonchev–Trinajstić information content (AvgIpc) is 2.35. The van der Waals surface area contributed by atoms with Gasteiger partial charge < -0.3 is 16.3 Å². The smallest absolute Gasteiger partial charge is 0.307 e. The lowest BCUT2D eigenvalue weighted by molar-refractivity contribution is -0.136. The number of aryl methyl sites for hydroxylation is 1. The van der Waals surface area contributed by atoms with Crippen LogP contribution in [0.25, 0.3) is 11.1 Å². The summed E-state index contributed by atoms with van der Waals surface area (Å²) in [5.74, 6) is -0.851. The second kappa shape index (κ2) is 6.02. The molecule has 0 bridgehead atoms. The minimum absolute atomic E-state index is 0. The van der Waals surface area contributed by atoms with Gasteiger partial charge in [0, 0.05) is 11.3 Å². The van der Waals surface area contributed by atoms with Crippen LogP contribution in [-0.2, 0) is 11.2 Å². The molecule has 0 amide bonds. The number of hydrogen-bond acceptors (Lipinski definition) is 2. The van der Waals surface area contributed by atoms with E-state index < -0.39 is 5.97 Å². The van der Waals surface area contributed by atoms with E-state index in [1.54, 1.807) is 0 Å². The zero-order chi connectivity index (χ0) is 13.1. The minimum Gasteiger partial charge on any atom is -0.481 e. The summed E-state index contributed by atoms with van der Waals surface area (Å²) in [7, 11) is 0. The third-order valence-electron chi connectivity index (χ3n) is 2.95. The summed E-state index contributed by atoms with van der Waals surface area (Å²) in [5, 5.41) is 8.96. The second-order valence-corrected chi connectivity index (χ2v) is 4.27. The SMILES string of the molecule is Cc1ccc(CC(=O)O)c(-c2ccccc2)c1N.O. The topological polar surface area (TPSA) is 94.8 Å². The highest BCUT2D eigenvalue weighted by Gasteiger charge is 2.13. The summed E-state index contributed by atoms with van der Waals surface area (Å²) in [5.41, 5.74) is 10.2. The Morgan fingerprint density at radius 2 is 1.79 bits per heavy atom. The van der Waals surface area contributed by atoms with Crippen molar-refractivity contribution in [3.63, 3.8) is 0 Å². The molecule has 0 aromatic heterocycles. The van der Waals surface area contributed by atoms with Crippen LogP contribution in [0.5, 0.6) is 0 Å². The first-order valence-corrected chi connectivity index (χ1v) is 5.74. The number of anilines is 1. The lowest BCUT2D eigenvalue weighted by Gasteiger charge is -2.13. The molecule has 4 nitrogen and oxygen atoms in total. The number of benzene rings is 2.